The van der Waals surface area contributed by atoms with Crippen molar-refractivity contribution in [2.75, 3.05) is 13.7 Å². The molecule has 0 fully saturated rings. The minimum absolute atomic E-state index is 0.0396. The molecular weight excluding hydrogens is 344 g/mol. The first-order chi connectivity index (χ1) is 12.9. The molecular formula is C21H26N2O4. The summed E-state index contributed by atoms with van der Waals surface area (Å²) in [5.74, 6) is -0.152. The average Bonchev–Trinajstić information content (AvgIpc) is 2.67. The first-order valence-corrected chi connectivity index (χ1v) is 8.94. The zero-order valence-electron chi connectivity index (χ0n) is 15.9. The normalized spacial score (nSPS) is 11.5. The van der Waals surface area contributed by atoms with Gasteiger partial charge in [-0.05, 0) is 55.7 Å². The number of hydrogen-bond acceptors (Lipinski definition) is 3. The molecule has 0 aliphatic rings. The second-order valence-corrected chi connectivity index (χ2v) is 6.35. The summed E-state index contributed by atoms with van der Waals surface area (Å²) in [6.07, 6.45) is 0.749. The fourth-order valence-corrected chi connectivity index (χ4v) is 2.91. The van der Waals surface area contributed by atoms with Crippen LogP contribution in [0.3, 0.4) is 0 Å². The summed E-state index contributed by atoms with van der Waals surface area (Å²) < 4.78 is 5.17. The first kappa shape index (κ1) is 20.3. The van der Waals surface area contributed by atoms with Gasteiger partial charge in [-0.3, -0.25) is 0 Å². The second-order valence-electron chi connectivity index (χ2n) is 6.35. The Bertz CT molecular complexity index is 757. The van der Waals surface area contributed by atoms with Crippen molar-refractivity contribution in [2.24, 2.45) is 0 Å². The highest BCUT2D eigenvalue weighted by molar-refractivity contribution is 5.87. The predicted molar refractivity (Wildman–Crippen MR) is 104 cm³/mol. The summed E-state index contributed by atoms with van der Waals surface area (Å²) in [6, 6.07) is 14.2. The molecule has 144 valence electrons. The molecule has 0 spiro atoms. The van der Waals surface area contributed by atoms with Crippen LogP contribution in [0.25, 0.3) is 0 Å². The number of benzene rings is 2. The van der Waals surface area contributed by atoms with E-state index in [1.165, 1.54) is 12.1 Å². The number of amides is 2. The maximum absolute atomic E-state index is 12.6. The maximum atomic E-state index is 12.6. The molecule has 27 heavy (non-hydrogen) atoms. The van der Waals surface area contributed by atoms with E-state index in [2.05, 4.69) is 5.32 Å². The Morgan fingerprint density at radius 1 is 1.07 bits per heavy atom. The number of nitrogens with one attached hydrogen (secondary N) is 1. The number of methoxy groups -OCH3 is 1. The van der Waals surface area contributed by atoms with Crippen LogP contribution in [0.2, 0.25) is 0 Å². The zero-order chi connectivity index (χ0) is 19.8. The summed E-state index contributed by atoms with van der Waals surface area (Å²) in [6.45, 7) is 4.92. The fourth-order valence-electron chi connectivity index (χ4n) is 2.91. The molecule has 0 aliphatic carbocycles. The van der Waals surface area contributed by atoms with Gasteiger partial charge in [-0.25, -0.2) is 9.59 Å². The molecule has 1 atom stereocenters. The monoisotopic (exact) mass is 370 g/mol. The number of likely N-dealkylation sites (N-methyl/N-ethyl adjacent to an activating group) is 1. The number of carboxylic acids is 1. The van der Waals surface area contributed by atoms with Crippen LogP contribution in [0.1, 0.15) is 35.3 Å². The van der Waals surface area contributed by atoms with E-state index in [4.69, 9.17) is 9.84 Å². The molecule has 0 radical (unpaired) electrons. The van der Waals surface area contributed by atoms with Gasteiger partial charge in [0.15, 0.2) is 0 Å². The summed E-state index contributed by atoms with van der Waals surface area (Å²) in [4.78, 5) is 25.2. The van der Waals surface area contributed by atoms with Crippen LogP contribution in [0, 0.1) is 0 Å². The second kappa shape index (κ2) is 9.62. The first-order valence-electron chi connectivity index (χ1n) is 8.94. The van der Waals surface area contributed by atoms with Gasteiger partial charge < -0.3 is 20.1 Å². The molecule has 2 amide bonds. The third-order valence-corrected chi connectivity index (χ3v) is 4.47. The zero-order valence-corrected chi connectivity index (χ0v) is 15.9. The smallest absolute Gasteiger partial charge is 0.335 e. The quantitative estimate of drug-likeness (QED) is 0.745. The number of nitrogens with zero attached hydrogens (tertiary/aromatic N) is 1. The third-order valence-electron chi connectivity index (χ3n) is 4.47. The minimum atomic E-state index is -0.963. The molecule has 2 rings (SSSR count). The van der Waals surface area contributed by atoms with Crippen LogP contribution in [0.15, 0.2) is 48.5 Å². The van der Waals surface area contributed by atoms with E-state index in [-0.39, 0.29) is 17.6 Å². The predicted octanol–water partition coefficient (Wildman–Crippen LogP) is 3.56. The number of rotatable bonds is 8. The van der Waals surface area contributed by atoms with Gasteiger partial charge in [-0.2, -0.15) is 0 Å². The van der Waals surface area contributed by atoms with Gasteiger partial charge in [-0.1, -0.05) is 24.3 Å². The van der Waals surface area contributed by atoms with Crippen LogP contribution in [0.4, 0.5) is 4.79 Å². The SMILES string of the molecule is CCN(C(=O)NCc1ccc(C(=O)O)cc1)C(C)Cc1ccc(OC)cc1. The summed E-state index contributed by atoms with van der Waals surface area (Å²) in [5, 5.41) is 11.8. The van der Waals surface area contributed by atoms with Crippen molar-refractivity contribution >= 4 is 12.0 Å². The average molecular weight is 370 g/mol. The van der Waals surface area contributed by atoms with Gasteiger partial charge in [0, 0.05) is 19.1 Å². The Morgan fingerprint density at radius 2 is 1.67 bits per heavy atom. The van der Waals surface area contributed by atoms with Crippen LogP contribution in [-0.4, -0.2) is 41.7 Å². The minimum Gasteiger partial charge on any atom is -0.497 e. The lowest BCUT2D eigenvalue weighted by molar-refractivity contribution is 0.0697. The van der Waals surface area contributed by atoms with Crippen molar-refractivity contribution in [2.45, 2.75) is 32.9 Å². The van der Waals surface area contributed by atoms with E-state index >= 15 is 0 Å². The molecule has 0 saturated heterocycles. The van der Waals surface area contributed by atoms with E-state index in [1.54, 1.807) is 24.1 Å². The van der Waals surface area contributed by atoms with Gasteiger partial charge >= 0.3 is 12.0 Å². The highest BCUT2D eigenvalue weighted by Crippen LogP contribution is 2.15. The van der Waals surface area contributed by atoms with E-state index < -0.39 is 5.97 Å². The number of carboxylic acid groups (broad SMARTS) is 1. The number of carbonyl (C=O) groups is 2. The fraction of sp³-hybridized carbons (Fsp3) is 0.333. The molecule has 0 aliphatic heterocycles. The van der Waals surface area contributed by atoms with Crippen molar-refractivity contribution in [1.82, 2.24) is 10.2 Å². The Kier molecular flexibility index (Phi) is 7.23. The standard InChI is InChI=1S/C21H26N2O4/c1-4-23(15(2)13-16-7-11-19(27-3)12-8-16)21(26)22-14-17-5-9-18(10-6-17)20(24)25/h5-12,15H,4,13-14H2,1-3H3,(H,22,26)(H,24,25). The molecule has 6 nitrogen and oxygen atoms in total. The Labute approximate surface area is 159 Å². The number of carbonyl (C=O) groups excluding carboxylic acids is 1. The van der Waals surface area contributed by atoms with Gasteiger partial charge in [-0.15, -0.1) is 0 Å². The molecule has 2 aromatic carbocycles. The maximum Gasteiger partial charge on any atom is 0.335 e. The molecule has 6 heteroatoms. The van der Waals surface area contributed by atoms with Gasteiger partial charge in [0.2, 0.25) is 0 Å². The topological polar surface area (TPSA) is 78.9 Å². The molecule has 0 heterocycles. The highest BCUT2D eigenvalue weighted by atomic mass is 16.5. The van der Waals surface area contributed by atoms with Gasteiger partial charge in [0.05, 0.1) is 12.7 Å². The van der Waals surface area contributed by atoms with Crippen LogP contribution >= 0.6 is 0 Å². The Morgan fingerprint density at radius 3 is 2.19 bits per heavy atom. The van der Waals surface area contributed by atoms with E-state index in [0.717, 1.165) is 23.3 Å². The van der Waals surface area contributed by atoms with E-state index in [9.17, 15) is 9.59 Å². The largest absolute Gasteiger partial charge is 0.497 e. The van der Waals surface area contributed by atoms with Crippen molar-refractivity contribution in [3.05, 3.63) is 65.2 Å². The van der Waals surface area contributed by atoms with Crippen molar-refractivity contribution in [3.63, 3.8) is 0 Å². The molecule has 0 bridgehead atoms. The van der Waals surface area contributed by atoms with Crippen molar-refractivity contribution < 1.29 is 19.4 Å². The molecule has 2 aromatic rings. The lowest BCUT2D eigenvalue weighted by Crippen LogP contribution is -2.45. The van der Waals surface area contributed by atoms with E-state index in [1.807, 2.05) is 38.1 Å². The summed E-state index contributed by atoms with van der Waals surface area (Å²) in [7, 11) is 1.63. The van der Waals surface area contributed by atoms with Crippen molar-refractivity contribution in [1.29, 1.82) is 0 Å². The third kappa shape index (κ3) is 5.74. The highest BCUT2D eigenvalue weighted by Gasteiger charge is 2.18. The molecule has 0 saturated carbocycles. The Hall–Kier alpha value is -3.02. The lowest BCUT2D eigenvalue weighted by atomic mass is 10.1. The molecule has 1 unspecified atom stereocenters. The number of aromatic carboxylic acids is 1. The number of hydrogen-bond donors (Lipinski definition) is 2. The molecule has 2 N–H and O–H groups in total. The van der Waals surface area contributed by atoms with E-state index in [0.29, 0.717) is 13.1 Å². The van der Waals surface area contributed by atoms with Gasteiger partial charge in [0.1, 0.15) is 5.75 Å². The number of ether oxygens (including phenoxy) is 1. The van der Waals surface area contributed by atoms with Crippen molar-refractivity contribution in [3.8, 4) is 5.75 Å². The van der Waals surface area contributed by atoms with Crippen LogP contribution in [-0.2, 0) is 13.0 Å². The summed E-state index contributed by atoms with van der Waals surface area (Å²) in [5.41, 5.74) is 2.22. The molecule has 0 aromatic heterocycles. The van der Waals surface area contributed by atoms with Crippen LogP contribution < -0.4 is 10.1 Å². The van der Waals surface area contributed by atoms with Crippen LogP contribution in [0.5, 0.6) is 5.75 Å². The van der Waals surface area contributed by atoms with Gasteiger partial charge in [0.25, 0.3) is 0 Å². The summed E-state index contributed by atoms with van der Waals surface area (Å²) >= 11 is 0. The lowest BCUT2D eigenvalue weighted by Gasteiger charge is -2.28. The Balaban J connectivity index is 1.92. The number of urea groups is 1.